The van der Waals surface area contributed by atoms with Crippen molar-refractivity contribution in [2.24, 2.45) is 0 Å². The van der Waals surface area contributed by atoms with E-state index in [2.05, 4.69) is 15.3 Å². The molecule has 0 atom stereocenters. The Morgan fingerprint density at radius 3 is 2.33 bits per heavy atom. The van der Waals surface area contributed by atoms with Crippen molar-refractivity contribution in [3.05, 3.63) is 41.9 Å². The highest BCUT2D eigenvalue weighted by Gasteiger charge is 2.30. The van der Waals surface area contributed by atoms with E-state index in [0.29, 0.717) is 17.4 Å². The van der Waals surface area contributed by atoms with E-state index in [1.807, 2.05) is 6.26 Å². The van der Waals surface area contributed by atoms with Gasteiger partial charge in [-0.05, 0) is 36.8 Å². The molecule has 7 heteroatoms. The van der Waals surface area contributed by atoms with Crippen LogP contribution in [0, 0.1) is 0 Å². The number of hydrogen-bond acceptors (Lipinski definition) is 4. The Hall–Kier alpha value is -1.76. The maximum Gasteiger partial charge on any atom is 0.416 e. The summed E-state index contributed by atoms with van der Waals surface area (Å²) in [5, 5.41) is 3.55. The number of nitrogens with zero attached hydrogens (tertiary/aromatic N) is 2. The van der Waals surface area contributed by atoms with Gasteiger partial charge in [0.15, 0.2) is 0 Å². The summed E-state index contributed by atoms with van der Waals surface area (Å²) in [6.07, 6.45) is 6.45. The van der Waals surface area contributed by atoms with Crippen LogP contribution in [0.2, 0.25) is 0 Å². The minimum atomic E-state index is -4.33. The third kappa shape index (κ3) is 5.37. The van der Waals surface area contributed by atoms with E-state index in [4.69, 9.17) is 0 Å². The lowest BCUT2D eigenvalue weighted by molar-refractivity contribution is -0.137. The average molecular weight is 395 g/mol. The lowest BCUT2D eigenvalue weighted by Gasteiger charge is -2.20. The summed E-state index contributed by atoms with van der Waals surface area (Å²) in [6.45, 7) is 0. The number of anilines is 1. The van der Waals surface area contributed by atoms with Crippen LogP contribution in [-0.2, 0) is 11.9 Å². The smallest absolute Gasteiger partial charge is 0.367 e. The Morgan fingerprint density at radius 1 is 1.07 bits per heavy atom. The standard InChI is InChI=1S/C20H24F3N3S/c1-27-13-18-24-12-17(14-8-10-15(11-9-14)20(21,22)23)19(26-18)25-16-6-4-2-3-5-7-16/h8-12,16H,2-7,13H2,1H3,(H,24,25,26). The van der Waals surface area contributed by atoms with Crippen LogP contribution in [0.15, 0.2) is 30.5 Å². The molecule has 2 aromatic rings. The molecule has 1 saturated carbocycles. The highest BCUT2D eigenvalue weighted by Crippen LogP contribution is 2.33. The van der Waals surface area contributed by atoms with E-state index in [0.717, 1.165) is 42.2 Å². The summed E-state index contributed by atoms with van der Waals surface area (Å²) in [6, 6.07) is 5.56. The van der Waals surface area contributed by atoms with Crippen LogP contribution in [0.25, 0.3) is 11.1 Å². The summed E-state index contributed by atoms with van der Waals surface area (Å²) >= 11 is 1.64. The van der Waals surface area contributed by atoms with Gasteiger partial charge in [0.25, 0.3) is 0 Å². The molecule has 146 valence electrons. The second-order valence-corrected chi connectivity index (χ2v) is 7.76. The third-order valence-corrected chi connectivity index (χ3v) is 5.38. The van der Waals surface area contributed by atoms with Gasteiger partial charge in [0.2, 0.25) is 0 Å². The molecular weight excluding hydrogens is 371 g/mol. The number of thioether (sulfide) groups is 1. The monoisotopic (exact) mass is 395 g/mol. The number of alkyl halides is 3. The Bertz CT molecular complexity index is 739. The molecule has 0 radical (unpaired) electrons. The van der Waals surface area contributed by atoms with Gasteiger partial charge in [-0.15, -0.1) is 0 Å². The zero-order valence-corrected chi connectivity index (χ0v) is 16.2. The second-order valence-electron chi connectivity index (χ2n) is 6.89. The second kappa shape index (κ2) is 8.95. The van der Waals surface area contributed by atoms with Crippen molar-refractivity contribution >= 4 is 17.6 Å². The molecule has 0 spiro atoms. The van der Waals surface area contributed by atoms with Crippen LogP contribution in [-0.4, -0.2) is 22.3 Å². The quantitative estimate of drug-likeness (QED) is 0.615. The van der Waals surface area contributed by atoms with E-state index in [1.165, 1.54) is 37.8 Å². The topological polar surface area (TPSA) is 37.8 Å². The Morgan fingerprint density at radius 2 is 1.74 bits per heavy atom. The van der Waals surface area contributed by atoms with Gasteiger partial charge in [-0.2, -0.15) is 24.9 Å². The SMILES string of the molecule is CSCc1ncc(-c2ccc(C(F)(F)F)cc2)c(NC2CCCCCC2)n1. The van der Waals surface area contributed by atoms with Gasteiger partial charge in [0.1, 0.15) is 11.6 Å². The molecule has 1 N–H and O–H groups in total. The summed E-state index contributed by atoms with van der Waals surface area (Å²) in [4.78, 5) is 9.06. The normalized spacial score (nSPS) is 16.1. The van der Waals surface area contributed by atoms with E-state index in [1.54, 1.807) is 18.0 Å². The summed E-state index contributed by atoms with van der Waals surface area (Å²) < 4.78 is 38.5. The Labute approximate surface area is 162 Å². The molecule has 1 heterocycles. The lowest BCUT2D eigenvalue weighted by Crippen LogP contribution is -2.20. The molecule has 0 saturated heterocycles. The first-order valence-electron chi connectivity index (χ1n) is 9.26. The van der Waals surface area contributed by atoms with Gasteiger partial charge in [-0.25, -0.2) is 9.97 Å². The van der Waals surface area contributed by atoms with Crippen molar-refractivity contribution in [2.45, 2.75) is 56.5 Å². The van der Waals surface area contributed by atoms with Crippen LogP contribution >= 0.6 is 11.8 Å². The van der Waals surface area contributed by atoms with E-state index in [9.17, 15) is 13.2 Å². The first-order chi connectivity index (χ1) is 13.0. The summed E-state index contributed by atoms with van der Waals surface area (Å²) in [5.41, 5.74) is 0.789. The number of benzene rings is 1. The number of rotatable bonds is 5. The molecule has 0 unspecified atom stereocenters. The number of halogens is 3. The zero-order valence-electron chi connectivity index (χ0n) is 15.4. The van der Waals surface area contributed by atoms with Gasteiger partial charge in [0.05, 0.1) is 11.3 Å². The van der Waals surface area contributed by atoms with Crippen LogP contribution in [0.1, 0.15) is 49.9 Å². The molecule has 1 aromatic heterocycles. The van der Waals surface area contributed by atoms with Crippen molar-refractivity contribution in [3.8, 4) is 11.1 Å². The number of hydrogen-bond donors (Lipinski definition) is 1. The number of aromatic nitrogens is 2. The fourth-order valence-electron chi connectivity index (χ4n) is 3.39. The lowest BCUT2D eigenvalue weighted by atomic mass is 10.0. The Balaban J connectivity index is 1.90. The molecule has 0 bridgehead atoms. The molecule has 1 aliphatic carbocycles. The third-order valence-electron chi connectivity index (χ3n) is 4.83. The van der Waals surface area contributed by atoms with Crippen LogP contribution in [0.3, 0.4) is 0 Å². The molecule has 3 nitrogen and oxygen atoms in total. The first-order valence-corrected chi connectivity index (χ1v) is 10.7. The molecule has 0 aliphatic heterocycles. The molecule has 0 amide bonds. The molecule has 1 aliphatic rings. The maximum absolute atomic E-state index is 12.8. The molecule has 1 aromatic carbocycles. The van der Waals surface area contributed by atoms with Crippen molar-refractivity contribution in [3.63, 3.8) is 0 Å². The average Bonchev–Trinajstić information content (AvgIpc) is 2.90. The predicted octanol–water partition coefficient (Wildman–Crippen LogP) is 6.16. The highest BCUT2D eigenvalue weighted by atomic mass is 32.2. The van der Waals surface area contributed by atoms with Crippen LogP contribution in [0.4, 0.5) is 19.0 Å². The van der Waals surface area contributed by atoms with Gasteiger partial charge in [-0.3, -0.25) is 0 Å². The van der Waals surface area contributed by atoms with E-state index >= 15 is 0 Å². The van der Waals surface area contributed by atoms with Crippen LogP contribution in [0.5, 0.6) is 0 Å². The van der Waals surface area contributed by atoms with Crippen molar-refractivity contribution in [2.75, 3.05) is 11.6 Å². The van der Waals surface area contributed by atoms with E-state index < -0.39 is 11.7 Å². The fourth-order valence-corrected chi connectivity index (χ4v) is 3.79. The van der Waals surface area contributed by atoms with Crippen molar-refractivity contribution < 1.29 is 13.2 Å². The minimum absolute atomic E-state index is 0.345. The summed E-state index contributed by atoms with van der Waals surface area (Å²) in [5.74, 6) is 2.15. The molecule has 1 fully saturated rings. The van der Waals surface area contributed by atoms with Crippen molar-refractivity contribution in [1.82, 2.24) is 9.97 Å². The van der Waals surface area contributed by atoms with Gasteiger partial charge >= 0.3 is 6.18 Å². The minimum Gasteiger partial charge on any atom is -0.367 e. The summed E-state index contributed by atoms with van der Waals surface area (Å²) in [7, 11) is 0. The van der Waals surface area contributed by atoms with Gasteiger partial charge in [0, 0.05) is 17.8 Å². The fraction of sp³-hybridized carbons (Fsp3) is 0.500. The highest BCUT2D eigenvalue weighted by molar-refractivity contribution is 7.97. The number of nitrogens with one attached hydrogen (secondary N) is 1. The largest absolute Gasteiger partial charge is 0.416 e. The van der Waals surface area contributed by atoms with Crippen LogP contribution < -0.4 is 5.32 Å². The first kappa shape index (κ1) is 20.0. The maximum atomic E-state index is 12.8. The predicted molar refractivity (Wildman–Crippen MR) is 105 cm³/mol. The molecular formula is C20H24F3N3S. The van der Waals surface area contributed by atoms with Gasteiger partial charge < -0.3 is 5.32 Å². The van der Waals surface area contributed by atoms with Crippen molar-refractivity contribution in [1.29, 1.82) is 0 Å². The van der Waals surface area contributed by atoms with E-state index in [-0.39, 0.29) is 0 Å². The zero-order chi connectivity index (χ0) is 19.3. The van der Waals surface area contributed by atoms with Gasteiger partial charge in [-0.1, -0.05) is 37.8 Å². The Kier molecular flexibility index (Phi) is 6.63. The molecule has 3 rings (SSSR count). The molecule has 27 heavy (non-hydrogen) atoms.